The highest BCUT2D eigenvalue weighted by atomic mass is 16.5. The number of benzene rings is 1. The Morgan fingerprint density at radius 1 is 1.26 bits per heavy atom. The van der Waals surface area contributed by atoms with Crippen molar-refractivity contribution in [3.8, 4) is 11.5 Å². The summed E-state index contributed by atoms with van der Waals surface area (Å²) in [6.45, 7) is 7.92. The van der Waals surface area contributed by atoms with Gasteiger partial charge in [-0.2, -0.15) is 0 Å². The van der Waals surface area contributed by atoms with Gasteiger partial charge in [-0.05, 0) is 56.7 Å². The zero-order chi connectivity index (χ0) is 22.2. The third kappa shape index (κ3) is 5.20. The van der Waals surface area contributed by atoms with Crippen LogP contribution in [0.15, 0.2) is 40.4 Å². The summed E-state index contributed by atoms with van der Waals surface area (Å²) in [5.74, 6) is 2.02. The molecular weight excluding hydrogens is 394 g/mol. The number of nitrogens with one attached hydrogen (secondary N) is 1. The van der Waals surface area contributed by atoms with Crippen LogP contribution < -0.4 is 19.7 Å². The molecule has 31 heavy (non-hydrogen) atoms. The lowest BCUT2D eigenvalue weighted by Gasteiger charge is -2.34. The van der Waals surface area contributed by atoms with E-state index in [9.17, 15) is 4.79 Å². The summed E-state index contributed by atoms with van der Waals surface area (Å²) < 4.78 is 10.5. The van der Waals surface area contributed by atoms with Crippen LogP contribution in [0.1, 0.15) is 30.1 Å². The third-order valence-electron chi connectivity index (χ3n) is 5.45. The molecule has 8 heteroatoms. The number of aliphatic imine (C=N–C) groups is 2. The van der Waals surface area contributed by atoms with Gasteiger partial charge < -0.3 is 19.7 Å². The molecule has 1 saturated heterocycles. The first-order valence-electron chi connectivity index (χ1n) is 10.3. The maximum absolute atomic E-state index is 12.6. The molecule has 1 N–H and O–H groups in total. The fraction of sp³-hybridized carbons (Fsp3) is 0.391. The second-order valence-electron chi connectivity index (χ2n) is 7.26. The molecule has 0 unspecified atom stereocenters. The number of anilines is 1. The van der Waals surface area contributed by atoms with E-state index in [2.05, 4.69) is 31.9 Å². The topological polar surface area (TPSA) is 88.4 Å². The number of nitrogens with zero attached hydrogens (tertiary/aromatic N) is 4. The Balaban J connectivity index is 1.57. The van der Waals surface area contributed by atoms with Gasteiger partial charge in [-0.25, -0.2) is 9.98 Å². The number of rotatable bonds is 8. The number of pyridine rings is 1. The number of aromatic nitrogens is 1. The number of ether oxygens (including phenoxy) is 2. The molecule has 1 aromatic heterocycles. The van der Waals surface area contributed by atoms with Crippen molar-refractivity contribution in [2.24, 2.45) is 15.9 Å². The van der Waals surface area contributed by atoms with Crippen LogP contribution in [0, 0.1) is 5.92 Å². The molecule has 0 aliphatic carbocycles. The van der Waals surface area contributed by atoms with Gasteiger partial charge in [0.1, 0.15) is 5.69 Å². The van der Waals surface area contributed by atoms with Crippen LogP contribution in [0.3, 0.4) is 0 Å². The van der Waals surface area contributed by atoms with Gasteiger partial charge in [0.05, 0.1) is 19.9 Å². The summed E-state index contributed by atoms with van der Waals surface area (Å²) >= 11 is 0. The average molecular weight is 424 g/mol. The van der Waals surface area contributed by atoms with E-state index in [1.54, 1.807) is 44.8 Å². The zero-order valence-electron chi connectivity index (χ0n) is 18.3. The van der Waals surface area contributed by atoms with Crippen LogP contribution in [0.2, 0.25) is 0 Å². The summed E-state index contributed by atoms with van der Waals surface area (Å²) in [4.78, 5) is 27.6. The van der Waals surface area contributed by atoms with Crippen LogP contribution in [-0.2, 0) is 0 Å². The molecule has 8 nitrogen and oxygen atoms in total. The van der Waals surface area contributed by atoms with E-state index in [1.807, 2.05) is 13.0 Å². The lowest BCUT2D eigenvalue weighted by atomic mass is 9.96. The van der Waals surface area contributed by atoms with Crippen LogP contribution in [-0.4, -0.2) is 57.7 Å². The van der Waals surface area contributed by atoms with E-state index in [0.717, 1.165) is 31.6 Å². The van der Waals surface area contributed by atoms with Gasteiger partial charge in [-0.15, -0.1) is 0 Å². The highest BCUT2D eigenvalue weighted by molar-refractivity contribution is 5.94. The van der Waals surface area contributed by atoms with Crippen molar-refractivity contribution in [3.05, 3.63) is 36.0 Å². The van der Waals surface area contributed by atoms with Crippen molar-refractivity contribution >= 4 is 36.0 Å². The Kier molecular flexibility index (Phi) is 7.59. The van der Waals surface area contributed by atoms with E-state index < -0.39 is 0 Å². The number of methoxy groups -OCH3 is 2. The van der Waals surface area contributed by atoms with Crippen LogP contribution >= 0.6 is 0 Å². The Morgan fingerprint density at radius 3 is 2.65 bits per heavy atom. The Hall–Kier alpha value is -3.42. The van der Waals surface area contributed by atoms with Crippen molar-refractivity contribution in [3.63, 3.8) is 0 Å². The Labute approximate surface area is 183 Å². The van der Waals surface area contributed by atoms with Gasteiger partial charge in [0.2, 0.25) is 0 Å². The molecule has 1 aliphatic rings. The maximum atomic E-state index is 12.6. The number of piperidine rings is 1. The summed E-state index contributed by atoms with van der Waals surface area (Å²) in [5.41, 5.74) is 2.26. The second-order valence-corrected chi connectivity index (χ2v) is 7.26. The van der Waals surface area contributed by atoms with Gasteiger partial charge in [0.15, 0.2) is 17.3 Å². The minimum Gasteiger partial charge on any atom is -0.493 e. The summed E-state index contributed by atoms with van der Waals surface area (Å²) in [7, 11) is 3.13. The fourth-order valence-electron chi connectivity index (χ4n) is 3.75. The minimum atomic E-state index is -0.113. The van der Waals surface area contributed by atoms with E-state index in [1.165, 1.54) is 0 Å². The molecule has 2 heterocycles. The highest BCUT2D eigenvalue weighted by Gasteiger charge is 2.23. The first kappa shape index (κ1) is 22.3. The smallest absolute Gasteiger partial charge is 0.251 e. The number of carbonyl (C=O) groups is 1. The minimum absolute atomic E-state index is 0.113. The SMILES string of the molecule is C=Nc1c(N2CCC(CNC(=O)c3ccc(OC)c(OC)c3)CC2)ccnc1/N=C\C. The van der Waals surface area contributed by atoms with Crippen molar-refractivity contribution in [1.82, 2.24) is 10.3 Å². The summed E-state index contributed by atoms with van der Waals surface area (Å²) in [6, 6.07) is 7.13. The first-order chi connectivity index (χ1) is 15.1. The first-order valence-corrected chi connectivity index (χ1v) is 10.3. The molecule has 0 radical (unpaired) electrons. The predicted octanol–water partition coefficient (Wildman–Crippen LogP) is 3.80. The molecule has 1 amide bonds. The molecule has 2 aromatic rings. The van der Waals surface area contributed by atoms with Gasteiger partial charge in [-0.3, -0.25) is 9.79 Å². The van der Waals surface area contributed by atoms with Crippen molar-refractivity contribution in [1.29, 1.82) is 0 Å². The van der Waals surface area contributed by atoms with Gasteiger partial charge in [0, 0.05) is 37.6 Å². The second kappa shape index (κ2) is 10.6. The highest BCUT2D eigenvalue weighted by Crippen LogP contribution is 2.37. The number of carbonyl (C=O) groups excluding carboxylic acids is 1. The number of hydrogen-bond acceptors (Lipinski definition) is 7. The molecule has 1 aliphatic heterocycles. The molecular formula is C23H29N5O3. The summed E-state index contributed by atoms with van der Waals surface area (Å²) in [6.07, 6.45) is 5.39. The average Bonchev–Trinajstić information content (AvgIpc) is 2.82. The van der Waals surface area contributed by atoms with Gasteiger partial charge in [-0.1, -0.05) is 0 Å². The van der Waals surface area contributed by atoms with Crippen molar-refractivity contribution in [2.45, 2.75) is 19.8 Å². The van der Waals surface area contributed by atoms with Crippen molar-refractivity contribution in [2.75, 3.05) is 38.8 Å². The van der Waals surface area contributed by atoms with E-state index >= 15 is 0 Å². The lowest BCUT2D eigenvalue weighted by Crippen LogP contribution is -2.38. The van der Waals surface area contributed by atoms with Gasteiger partial charge in [0.25, 0.3) is 5.91 Å². The largest absolute Gasteiger partial charge is 0.493 e. The molecule has 0 bridgehead atoms. The van der Waals surface area contributed by atoms with Gasteiger partial charge >= 0.3 is 0 Å². The van der Waals surface area contributed by atoms with E-state index in [0.29, 0.717) is 41.0 Å². The zero-order valence-corrected chi connectivity index (χ0v) is 18.3. The van der Waals surface area contributed by atoms with Crippen molar-refractivity contribution < 1.29 is 14.3 Å². The lowest BCUT2D eigenvalue weighted by molar-refractivity contribution is 0.0944. The molecule has 3 rings (SSSR count). The molecule has 1 fully saturated rings. The Bertz CT molecular complexity index is 952. The summed E-state index contributed by atoms with van der Waals surface area (Å²) in [5, 5.41) is 3.05. The molecule has 164 valence electrons. The van der Waals surface area contributed by atoms with E-state index in [4.69, 9.17) is 9.47 Å². The Morgan fingerprint density at radius 2 is 2.00 bits per heavy atom. The standard InChI is InChI=1S/C23H29N5O3/c1-5-25-22-21(24-2)18(8-11-26-22)28-12-9-16(10-13-28)15-27-23(29)17-6-7-19(30-3)20(14-17)31-4/h5-8,11,14,16H,2,9-10,12-13,15H2,1,3-4H3,(H,27,29)/b25-5-. The van der Waals surface area contributed by atoms with Crippen LogP contribution in [0.25, 0.3) is 0 Å². The number of amides is 1. The van der Waals surface area contributed by atoms with Crippen LogP contribution in [0.5, 0.6) is 11.5 Å². The molecule has 0 atom stereocenters. The predicted molar refractivity (Wildman–Crippen MR) is 124 cm³/mol. The molecule has 1 aromatic carbocycles. The van der Waals surface area contributed by atoms with E-state index in [-0.39, 0.29) is 5.91 Å². The normalized spacial score (nSPS) is 14.5. The molecule has 0 spiro atoms. The maximum Gasteiger partial charge on any atom is 0.251 e. The fourth-order valence-corrected chi connectivity index (χ4v) is 3.75. The monoisotopic (exact) mass is 423 g/mol. The number of hydrogen-bond donors (Lipinski definition) is 1. The third-order valence-corrected chi connectivity index (χ3v) is 5.45. The quantitative estimate of drug-likeness (QED) is 0.653. The van der Waals surface area contributed by atoms with Crippen LogP contribution in [0.4, 0.5) is 17.2 Å². The molecule has 0 saturated carbocycles.